The molecule has 0 bridgehead atoms. The van der Waals surface area contributed by atoms with Gasteiger partial charge in [-0.15, -0.1) is 0 Å². The number of ether oxygens (including phenoxy) is 3. The zero-order valence-electron chi connectivity index (χ0n) is 18.5. The van der Waals surface area contributed by atoms with Gasteiger partial charge in [0.05, 0.1) is 14.2 Å². The molecule has 8 heteroatoms. The predicted octanol–water partition coefficient (Wildman–Crippen LogP) is 6.03. The Morgan fingerprint density at radius 1 is 0.906 bits per heavy atom. The molecule has 0 aliphatic heterocycles. The van der Waals surface area contributed by atoms with E-state index in [-0.39, 0.29) is 11.3 Å². The number of hydrogen-bond donors (Lipinski definition) is 1. The van der Waals surface area contributed by atoms with E-state index >= 15 is 0 Å². The molecule has 32 heavy (non-hydrogen) atoms. The first kappa shape index (κ1) is 27.1. The van der Waals surface area contributed by atoms with Crippen LogP contribution in [0.25, 0.3) is 0 Å². The molecule has 6 nitrogen and oxygen atoms in total. The zero-order chi connectivity index (χ0) is 24.4. The molecular weight excluding hydrogens is 455 g/mol. The highest BCUT2D eigenvalue weighted by Gasteiger charge is 2.16. The minimum absolute atomic E-state index is 0.0752. The van der Waals surface area contributed by atoms with Crippen LogP contribution in [0, 0.1) is 0 Å². The van der Waals surface area contributed by atoms with Crippen LogP contribution in [0.3, 0.4) is 0 Å². The maximum atomic E-state index is 11.4. The largest absolute Gasteiger partial charge is 0.507 e. The van der Waals surface area contributed by atoms with Crippen LogP contribution in [0.2, 0.25) is 10.0 Å². The van der Waals surface area contributed by atoms with Crippen LogP contribution in [-0.4, -0.2) is 37.9 Å². The van der Waals surface area contributed by atoms with Crippen molar-refractivity contribution in [3.8, 4) is 11.5 Å². The highest BCUT2D eigenvalue weighted by Crippen LogP contribution is 2.29. The van der Waals surface area contributed by atoms with Crippen molar-refractivity contribution < 1.29 is 28.9 Å². The zero-order valence-corrected chi connectivity index (χ0v) is 20.0. The molecule has 0 unspecified atom stereocenters. The summed E-state index contributed by atoms with van der Waals surface area (Å²) in [4.78, 5) is 22.8. The third-order valence-electron chi connectivity index (χ3n) is 3.87. The summed E-state index contributed by atoms with van der Waals surface area (Å²) in [6.07, 6.45) is 0.469. The van der Waals surface area contributed by atoms with Crippen molar-refractivity contribution in [2.75, 3.05) is 20.8 Å². The second-order valence-electron chi connectivity index (χ2n) is 6.96. The maximum absolute atomic E-state index is 11.4. The van der Waals surface area contributed by atoms with Gasteiger partial charge in [-0.25, -0.2) is 9.59 Å². The summed E-state index contributed by atoms with van der Waals surface area (Å²) in [7, 11) is 2.56. The number of esters is 2. The molecule has 2 rings (SSSR count). The number of hydrogen-bond acceptors (Lipinski definition) is 6. The molecule has 0 saturated carbocycles. The quantitative estimate of drug-likeness (QED) is 0.384. The molecule has 0 aliphatic carbocycles. The highest BCUT2D eigenvalue weighted by molar-refractivity contribution is 6.31. The van der Waals surface area contributed by atoms with Crippen molar-refractivity contribution in [1.29, 1.82) is 0 Å². The fourth-order valence-corrected chi connectivity index (χ4v) is 2.89. The van der Waals surface area contributed by atoms with E-state index in [2.05, 4.69) is 22.6 Å². The lowest BCUT2D eigenvalue weighted by Crippen LogP contribution is -2.07. The molecule has 0 atom stereocenters. The summed E-state index contributed by atoms with van der Waals surface area (Å²) in [6, 6.07) is 7.79. The first-order valence-electron chi connectivity index (χ1n) is 9.39. The lowest BCUT2D eigenvalue weighted by Gasteiger charge is -2.10. The van der Waals surface area contributed by atoms with Crippen LogP contribution in [0.15, 0.2) is 54.6 Å². The third kappa shape index (κ3) is 8.29. The molecule has 0 saturated heterocycles. The molecule has 172 valence electrons. The van der Waals surface area contributed by atoms with E-state index in [4.69, 9.17) is 27.9 Å². The standard InChI is InChI=1S/2C12H13ClO3/c1-7(2)4-8-5-9(13)6-10(11(8)14)12(15)16-3;1-8(2)7-16-11-5-4-9(13)6-10(11)12(14)15-3/h5-6,14H,1,4H2,2-3H3;4-6H,1,7H2,2-3H3. The Kier molecular flexibility index (Phi) is 10.8. The van der Waals surface area contributed by atoms with E-state index in [0.717, 1.165) is 11.1 Å². The number of halogens is 2. The van der Waals surface area contributed by atoms with Crippen molar-refractivity contribution in [3.05, 3.63) is 81.4 Å². The second-order valence-corrected chi connectivity index (χ2v) is 7.84. The van der Waals surface area contributed by atoms with E-state index in [1.807, 2.05) is 13.8 Å². The summed E-state index contributed by atoms with van der Waals surface area (Å²) >= 11 is 11.7. The molecule has 0 radical (unpaired) electrons. The van der Waals surface area contributed by atoms with Crippen LogP contribution in [-0.2, 0) is 15.9 Å². The van der Waals surface area contributed by atoms with Crippen LogP contribution in [0.4, 0.5) is 0 Å². The molecule has 0 heterocycles. The number of carbonyl (C=O) groups is 2. The van der Waals surface area contributed by atoms with Crippen molar-refractivity contribution in [2.24, 2.45) is 0 Å². The van der Waals surface area contributed by atoms with E-state index in [1.54, 1.807) is 18.2 Å². The average Bonchev–Trinajstić information content (AvgIpc) is 2.73. The number of benzene rings is 2. The number of aromatic hydroxyl groups is 1. The summed E-state index contributed by atoms with van der Waals surface area (Å²) in [5, 5.41) is 10.7. The van der Waals surface area contributed by atoms with E-state index in [9.17, 15) is 14.7 Å². The third-order valence-corrected chi connectivity index (χ3v) is 4.33. The fourth-order valence-electron chi connectivity index (χ4n) is 2.48. The Labute approximate surface area is 198 Å². The van der Waals surface area contributed by atoms with Crippen molar-refractivity contribution in [2.45, 2.75) is 20.3 Å². The summed E-state index contributed by atoms with van der Waals surface area (Å²) in [6.45, 7) is 11.5. The van der Waals surface area contributed by atoms with Gasteiger partial charge in [0.1, 0.15) is 29.2 Å². The molecule has 2 aromatic carbocycles. The minimum Gasteiger partial charge on any atom is -0.507 e. The van der Waals surface area contributed by atoms with Gasteiger partial charge in [0.2, 0.25) is 0 Å². The van der Waals surface area contributed by atoms with Gasteiger partial charge in [0.15, 0.2) is 0 Å². The Morgan fingerprint density at radius 3 is 2.00 bits per heavy atom. The molecule has 0 fully saturated rings. The predicted molar refractivity (Wildman–Crippen MR) is 126 cm³/mol. The smallest absolute Gasteiger partial charge is 0.341 e. The topological polar surface area (TPSA) is 82.1 Å². The van der Waals surface area contributed by atoms with Crippen molar-refractivity contribution >= 4 is 35.1 Å². The molecular formula is C24H26Cl2O6. The molecule has 0 spiro atoms. The van der Waals surface area contributed by atoms with Gasteiger partial charge < -0.3 is 19.3 Å². The Hall–Kier alpha value is -2.96. The van der Waals surface area contributed by atoms with Gasteiger partial charge in [-0.05, 0) is 56.2 Å². The van der Waals surface area contributed by atoms with Gasteiger partial charge in [0, 0.05) is 15.6 Å². The van der Waals surface area contributed by atoms with Crippen molar-refractivity contribution in [3.63, 3.8) is 0 Å². The van der Waals surface area contributed by atoms with Gasteiger partial charge in [-0.3, -0.25) is 0 Å². The number of phenols is 1. The lowest BCUT2D eigenvalue weighted by molar-refractivity contribution is 0.0587. The summed E-state index contributed by atoms with van der Waals surface area (Å²) in [5.74, 6) is -0.735. The fraction of sp³-hybridized carbons (Fsp3) is 0.250. The van der Waals surface area contributed by atoms with E-state index in [1.165, 1.54) is 26.4 Å². The van der Waals surface area contributed by atoms with E-state index in [0.29, 0.717) is 39.9 Å². The maximum Gasteiger partial charge on any atom is 0.341 e. The molecule has 0 aliphatic rings. The first-order chi connectivity index (χ1) is 15.0. The van der Waals surface area contributed by atoms with E-state index < -0.39 is 11.9 Å². The molecule has 0 aromatic heterocycles. The van der Waals surface area contributed by atoms with Crippen LogP contribution < -0.4 is 4.74 Å². The molecule has 2 aromatic rings. The van der Waals surface area contributed by atoms with Crippen molar-refractivity contribution in [1.82, 2.24) is 0 Å². The highest BCUT2D eigenvalue weighted by atomic mass is 35.5. The Bertz CT molecular complexity index is 1010. The van der Waals surface area contributed by atoms with Gasteiger partial charge in [-0.1, -0.05) is 41.9 Å². The monoisotopic (exact) mass is 480 g/mol. The SMILES string of the molecule is C=C(C)COc1ccc(Cl)cc1C(=O)OC.C=C(C)Cc1cc(Cl)cc(C(=O)OC)c1O. The summed E-state index contributed by atoms with van der Waals surface area (Å²) < 4.78 is 14.6. The average molecular weight is 481 g/mol. The second kappa shape index (κ2) is 12.8. The van der Waals surface area contributed by atoms with Gasteiger partial charge in [-0.2, -0.15) is 0 Å². The van der Waals surface area contributed by atoms with Gasteiger partial charge >= 0.3 is 11.9 Å². The number of carbonyl (C=O) groups excluding carboxylic acids is 2. The minimum atomic E-state index is -0.608. The lowest BCUT2D eigenvalue weighted by atomic mass is 10.0. The molecule has 1 N–H and O–H groups in total. The van der Waals surface area contributed by atoms with Crippen LogP contribution >= 0.6 is 23.2 Å². The Balaban J connectivity index is 0.000000320. The molecule has 0 amide bonds. The van der Waals surface area contributed by atoms with Crippen LogP contribution in [0.5, 0.6) is 11.5 Å². The Morgan fingerprint density at radius 2 is 1.47 bits per heavy atom. The summed E-state index contributed by atoms with van der Waals surface area (Å²) in [5.41, 5.74) is 2.70. The number of phenolic OH excluding ortho intramolecular Hbond substituents is 1. The number of methoxy groups -OCH3 is 2. The van der Waals surface area contributed by atoms with Crippen LogP contribution in [0.1, 0.15) is 40.1 Å². The number of allylic oxidation sites excluding steroid dienone is 1. The normalized spacial score (nSPS) is 9.81. The first-order valence-corrected chi connectivity index (χ1v) is 10.1. The number of rotatable bonds is 7. The van der Waals surface area contributed by atoms with Gasteiger partial charge in [0.25, 0.3) is 0 Å².